The number of nitrogens with zero attached hydrogens (tertiary/aromatic N) is 3. The second-order valence-corrected chi connectivity index (χ2v) is 8.95. The Morgan fingerprint density at radius 2 is 2.18 bits per heavy atom. The lowest BCUT2D eigenvalue weighted by atomic mass is 9.99. The standard InChI is InChI=1S/C26H24N4O2S/c1-18-29-21(17-33-18)16-32-24-7-3-2-5-20(24)8-9-25(31)30-13-10-19(11-14-30)23-15-28-26-22(23)6-4-12-27-26/h2-10,12,15,17H,11,13-14,16H2,1H3,(H,27,28)/b9-8+. The first-order valence-corrected chi connectivity index (χ1v) is 11.8. The fourth-order valence-electron chi connectivity index (χ4n) is 3.98. The Morgan fingerprint density at radius 1 is 1.27 bits per heavy atom. The van der Waals surface area contributed by atoms with E-state index in [0.717, 1.165) is 39.5 Å². The smallest absolute Gasteiger partial charge is 0.246 e. The number of carbonyl (C=O) groups excluding carboxylic acids is 1. The summed E-state index contributed by atoms with van der Waals surface area (Å²) in [5.41, 5.74) is 5.09. The van der Waals surface area contributed by atoms with Gasteiger partial charge in [-0.15, -0.1) is 11.3 Å². The van der Waals surface area contributed by atoms with E-state index >= 15 is 0 Å². The van der Waals surface area contributed by atoms with Crippen molar-refractivity contribution in [3.63, 3.8) is 0 Å². The maximum absolute atomic E-state index is 12.8. The number of ether oxygens (including phenoxy) is 1. The Hall–Kier alpha value is -3.71. The number of aryl methyl sites for hydroxylation is 1. The number of H-pyrrole nitrogens is 1. The Kier molecular flexibility index (Phi) is 6.04. The highest BCUT2D eigenvalue weighted by Crippen LogP contribution is 2.28. The van der Waals surface area contributed by atoms with E-state index in [1.165, 1.54) is 11.1 Å². The number of carbonyl (C=O) groups is 1. The monoisotopic (exact) mass is 456 g/mol. The maximum Gasteiger partial charge on any atom is 0.246 e. The zero-order valence-electron chi connectivity index (χ0n) is 18.3. The largest absolute Gasteiger partial charge is 0.487 e. The van der Waals surface area contributed by atoms with Crippen molar-refractivity contribution < 1.29 is 9.53 Å². The molecular weight excluding hydrogens is 432 g/mol. The van der Waals surface area contributed by atoms with Gasteiger partial charge in [-0.1, -0.05) is 24.3 Å². The third-order valence-corrected chi connectivity index (χ3v) is 6.51. The molecule has 4 aromatic rings. The molecule has 6 nitrogen and oxygen atoms in total. The number of nitrogens with one attached hydrogen (secondary N) is 1. The summed E-state index contributed by atoms with van der Waals surface area (Å²) in [4.78, 5) is 26.7. The van der Waals surface area contributed by atoms with Gasteiger partial charge in [0.1, 0.15) is 18.0 Å². The first-order valence-electron chi connectivity index (χ1n) is 10.9. The molecule has 1 aliphatic heterocycles. The number of fused-ring (bicyclic) bond motifs is 1. The van der Waals surface area contributed by atoms with Gasteiger partial charge >= 0.3 is 0 Å². The van der Waals surface area contributed by atoms with Crippen molar-refractivity contribution in [3.8, 4) is 5.75 Å². The average Bonchev–Trinajstić information content (AvgIpc) is 3.48. The molecule has 33 heavy (non-hydrogen) atoms. The number of hydrogen-bond acceptors (Lipinski definition) is 5. The predicted octanol–water partition coefficient (Wildman–Crippen LogP) is 5.24. The Morgan fingerprint density at radius 3 is 3.00 bits per heavy atom. The molecule has 5 rings (SSSR count). The molecule has 1 amide bonds. The summed E-state index contributed by atoms with van der Waals surface area (Å²) < 4.78 is 5.96. The summed E-state index contributed by atoms with van der Waals surface area (Å²) in [6.07, 6.45) is 10.2. The highest BCUT2D eigenvalue weighted by atomic mass is 32.1. The summed E-state index contributed by atoms with van der Waals surface area (Å²) in [6, 6.07) is 11.8. The number of benzene rings is 1. The highest BCUT2D eigenvalue weighted by Gasteiger charge is 2.18. The molecule has 166 valence electrons. The lowest BCUT2D eigenvalue weighted by Crippen LogP contribution is -2.33. The van der Waals surface area contributed by atoms with Crippen LogP contribution in [0.2, 0.25) is 0 Å². The van der Waals surface area contributed by atoms with Crippen molar-refractivity contribution in [1.82, 2.24) is 19.9 Å². The molecule has 0 atom stereocenters. The minimum absolute atomic E-state index is 0.00387. The van der Waals surface area contributed by atoms with E-state index in [4.69, 9.17) is 4.74 Å². The molecule has 0 unspecified atom stereocenters. The molecule has 1 N–H and O–H groups in total. The molecule has 7 heteroatoms. The van der Waals surface area contributed by atoms with Gasteiger partial charge in [-0.25, -0.2) is 9.97 Å². The number of pyridine rings is 1. The second-order valence-electron chi connectivity index (χ2n) is 7.88. The summed E-state index contributed by atoms with van der Waals surface area (Å²) in [5.74, 6) is 0.733. The van der Waals surface area contributed by atoms with E-state index in [0.29, 0.717) is 19.7 Å². The van der Waals surface area contributed by atoms with E-state index in [1.807, 2.05) is 59.8 Å². The molecule has 4 heterocycles. The molecule has 1 aliphatic rings. The minimum atomic E-state index is -0.00387. The summed E-state index contributed by atoms with van der Waals surface area (Å²) in [6.45, 7) is 3.66. The molecule has 0 saturated heterocycles. The number of hydrogen-bond donors (Lipinski definition) is 1. The van der Waals surface area contributed by atoms with Crippen LogP contribution in [0.3, 0.4) is 0 Å². The van der Waals surface area contributed by atoms with Crippen LogP contribution in [0.15, 0.2) is 66.3 Å². The van der Waals surface area contributed by atoms with Crippen LogP contribution < -0.4 is 4.74 Å². The van der Waals surface area contributed by atoms with Crippen molar-refractivity contribution in [3.05, 3.63) is 88.2 Å². The van der Waals surface area contributed by atoms with Crippen molar-refractivity contribution >= 4 is 39.9 Å². The van der Waals surface area contributed by atoms with Crippen LogP contribution >= 0.6 is 11.3 Å². The minimum Gasteiger partial charge on any atom is -0.487 e. The first-order chi connectivity index (χ1) is 16.2. The van der Waals surface area contributed by atoms with Crippen LogP contribution in [0.1, 0.15) is 28.2 Å². The summed E-state index contributed by atoms with van der Waals surface area (Å²) >= 11 is 1.61. The Balaban J connectivity index is 1.24. The molecule has 3 aromatic heterocycles. The number of amides is 1. The van der Waals surface area contributed by atoms with Crippen LogP contribution in [0.5, 0.6) is 5.75 Å². The van der Waals surface area contributed by atoms with E-state index in [1.54, 1.807) is 23.6 Å². The normalized spacial score (nSPS) is 14.1. The molecule has 0 radical (unpaired) electrons. The Bertz CT molecular complexity index is 1350. The molecule has 0 bridgehead atoms. The topological polar surface area (TPSA) is 71.1 Å². The van der Waals surface area contributed by atoms with Gasteiger partial charge in [0.15, 0.2) is 0 Å². The number of thiazole rings is 1. The van der Waals surface area contributed by atoms with E-state index in [-0.39, 0.29) is 5.91 Å². The van der Waals surface area contributed by atoms with Gasteiger partial charge in [-0.05, 0) is 43.2 Å². The number of aromatic nitrogens is 3. The van der Waals surface area contributed by atoms with Crippen LogP contribution in [0.4, 0.5) is 0 Å². The maximum atomic E-state index is 12.8. The zero-order chi connectivity index (χ0) is 22.6. The van der Waals surface area contributed by atoms with Gasteiger partial charge in [-0.3, -0.25) is 4.79 Å². The average molecular weight is 457 g/mol. The molecule has 0 fully saturated rings. The number of aromatic amines is 1. The predicted molar refractivity (Wildman–Crippen MR) is 132 cm³/mol. The molecule has 0 saturated carbocycles. The second kappa shape index (κ2) is 9.42. The van der Waals surface area contributed by atoms with E-state index in [9.17, 15) is 4.79 Å². The Labute approximate surface area is 196 Å². The lowest BCUT2D eigenvalue weighted by Gasteiger charge is -2.25. The fourth-order valence-corrected chi connectivity index (χ4v) is 4.58. The van der Waals surface area contributed by atoms with Crippen LogP contribution in [0.25, 0.3) is 22.7 Å². The van der Waals surface area contributed by atoms with Crippen molar-refractivity contribution in [1.29, 1.82) is 0 Å². The molecular formula is C26H24N4O2S. The van der Waals surface area contributed by atoms with Gasteiger partial charge in [0.25, 0.3) is 0 Å². The van der Waals surface area contributed by atoms with E-state index in [2.05, 4.69) is 27.1 Å². The third-order valence-electron chi connectivity index (χ3n) is 5.68. The SMILES string of the molecule is Cc1nc(COc2ccccc2/C=C/C(=O)N2CC=C(c3c[nH]c4ncccc34)CC2)cs1. The molecule has 0 aliphatic carbocycles. The van der Waals surface area contributed by atoms with Crippen LogP contribution in [-0.4, -0.2) is 38.8 Å². The number of para-hydroxylation sites is 1. The van der Waals surface area contributed by atoms with Crippen LogP contribution in [0, 0.1) is 6.92 Å². The summed E-state index contributed by atoms with van der Waals surface area (Å²) in [7, 11) is 0. The quantitative estimate of drug-likeness (QED) is 0.403. The fraction of sp³-hybridized carbons (Fsp3) is 0.192. The van der Waals surface area contributed by atoms with Crippen molar-refractivity contribution in [2.45, 2.75) is 20.0 Å². The molecule has 1 aromatic carbocycles. The van der Waals surface area contributed by atoms with Gasteiger partial charge < -0.3 is 14.6 Å². The van der Waals surface area contributed by atoms with Crippen molar-refractivity contribution in [2.75, 3.05) is 13.1 Å². The third kappa shape index (κ3) is 4.73. The van der Waals surface area contributed by atoms with Crippen LogP contribution in [-0.2, 0) is 11.4 Å². The highest BCUT2D eigenvalue weighted by molar-refractivity contribution is 7.09. The first kappa shape index (κ1) is 21.2. The van der Waals surface area contributed by atoms with Gasteiger partial charge in [0, 0.05) is 53.5 Å². The van der Waals surface area contributed by atoms with Crippen molar-refractivity contribution in [2.24, 2.45) is 0 Å². The molecule has 0 spiro atoms. The summed E-state index contributed by atoms with van der Waals surface area (Å²) in [5, 5.41) is 4.14. The lowest BCUT2D eigenvalue weighted by molar-refractivity contribution is -0.125. The number of rotatable bonds is 6. The van der Waals surface area contributed by atoms with Gasteiger partial charge in [0.05, 0.1) is 10.7 Å². The van der Waals surface area contributed by atoms with E-state index < -0.39 is 0 Å². The zero-order valence-corrected chi connectivity index (χ0v) is 19.1. The van der Waals surface area contributed by atoms with Gasteiger partial charge in [0.2, 0.25) is 5.91 Å². The van der Waals surface area contributed by atoms with Gasteiger partial charge in [-0.2, -0.15) is 0 Å².